The number of aliphatic carboxylic acids is 1. The van der Waals surface area contributed by atoms with E-state index < -0.39 is 11.6 Å². The lowest BCUT2D eigenvalue weighted by atomic mass is 9.86. The molecule has 1 atom stereocenters. The maximum absolute atomic E-state index is 11.3. The predicted octanol–water partition coefficient (Wildman–Crippen LogP) is 3.85. The largest absolute Gasteiger partial charge is 0.481 e. The van der Waals surface area contributed by atoms with Gasteiger partial charge in [-0.05, 0) is 30.9 Å². The second-order valence-electron chi connectivity index (χ2n) is 5.77. The minimum atomic E-state index is -0.831. The second kappa shape index (κ2) is 5.61. The first-order valence-electron chi connectivity index (χ1n) is 7.74. The first-order valence-corrected chi connectivity index (χ1v) is 7.74. The Kier molecular flexibility index (Phi) is 3.79. The van der Waals surface area contributed by atoms with E-state index in [2.05, 4.69) is 23.2 Å². The Morgan fingerprint density at radius 3 is 3.00 bits per heavy atom. The summed E-state index contributed by atoms with van der Waals surface area (Å²) in [4.78, 5) is 14.8. The lowest BCUT2D eigenvalue weighted by Gasteiger charge is -2.35. The van der Waals surface area contributed by atoms with Gasteiger partial charge in [0.25, 0.3) is 0 Å². The average molecular weight is 299 g/mol. The zero-order chi connectivity index (χ0) is 15.7. The maximum Gasteiger partial charge on any atom is 0.306 e. The van der Waals surface area contributed by atoms with E-state index in [-0.39, 0.29) is 6.42 Å². The number of fused-ring (bicyclic) bond motifs is 3. The van der Waals surface area contributed by atoms with Crippen LogP contribution < -0.4 is 0 Å². The number of benzene rings is 1. The highest BCUT2D eigenvalue weighted by Gasteiger charge is 2.40. The molecule has 1 aliphatic rings. The number of H-pyrrole nitrogens is 1. The van der Waals surface area contributed by atoms with Gasteiger partial charge in [0, 0.05) is 5.39 Å². The van der Waals surface area contributed by atoms with Crippen LogP contribution >= 0.6 is 0 Å². The lowest BCUT2D eigenvalue weighted by molar-refractivity contribution is -0.148. The molecule has 4 heteroatoms. The van der Waals surface area contributed by atoms with Crippen LogP contribution in [0.15, 0.2) is 24.3 Å². The van der Waals surface area contributed by atoms with Crippen LogP contribution in [0.25, 0.3) is 17.0 Å². The molecule has 1 aliphatic heterocycles. The van der Waals surface area contributed by atoms with E-state index in [9.17, 15) is 9.90 Å². The number of hydrogen-bond donors (Lipinski definition) is 2. The molecule has 0 saturated carbocycles. The van der Waals surface area contributed by atoms with E-state index in [1.54, 1.807) is 0 Å². The molecule has 2 N–H and O–H groups in total. The molecule has 0 spiro atoms. The number of ether oxygens (including phenoxy) is 1. The number of aromatic amines is 1. The van der Waals surface area contributed by atoms with E-state index in [4.69, 9.17) is 4.74 Å². The predicted molar refractivity (Wildman–Crippen MR) is 86.9 cm³/mol. The van der Waals surface area contributed by atoms with Gasteiger partial charge in [-0.2, -0.15) is 0 Å². The van der Waals surface area contributed by atoms with Gasteiger partial charge >= 0.3 is 5.97 Å². The summed E-state index contributed by atoms with van der Waals surface area (Å²) >= 11 is 0. The fourth-order valence-corrected chi connectivity index (χ4v) is 3.47. The molecule has 1 aromatic heterocycles. The van der Waals surface area contributed by atoms with Gasteiger partial charge in [-0.1, -0.05) is 37.3 Å². The number of carboxylic acid groups (broad SMARTS) is 1. The molecular formula is C18H21NO3. The molecule has 1 unspecified atom stereocenters. The van der Waals surface area contributed by atoms with Crippen molar-refractivity contribution in [3.05, 3.63) is 41.1 Å². The molecule has 1 aromatic carbocycles. The van der Waals surface area contributed by atoms with Crippen molar-refractivity contribution >= 4 is 22.9 Å². The SMILES string of the molecule is C/C=C\c1cccc2c3c([nH]c12)C(CC)(CC(=O)O)OCC3. The molecule has 2 heterocycles. The summed E-state index contributed by atoms with van der Waals surface area (Å²) in [5, 5.41) is 10.5. The molecule has 0 fully saturated rings. The summed E-state index contributed by atoms with van der Waals surface area (Å²) < 4.78 is 5.95. The Bertz CT molecular complexity index is 744. The number of para-hydroxylation sites is 1. The van der Waals surface area contributed by atoms with Gasteiger partial charge in [-0.3, -0.25) is 4.79 Å². The molecule has 0 radical (unpaired) electrons. The highest BCUT2D eigenvalue weighted by Crippen LogP contribution is 2.42. The summed E-state index contributed by atoms with van der Waals surface area (Å²) in [6, 6.07) is 6.21. The summed E-state index contributed by atoms with van der Waals surface area (Å²) in [6.45, 7) is 4.54. The minimum absolute atomic E-state index is 0.0116. The maximum atomic E-state index is 11.3. The van der Waals surface area contributed by atoms with Crippen LogP contribution in [0.3, 0.4) is 0 Å². The van der Waals surface area contributed by atoms with Crippen molar-refractivity contribution < 1.29 is 14.6 Å². The van der Waals surface area contributed by atoms with Crippen LogP contribution in [0.4, 0.5) is 0 Å². The van der Waals surface area contributed by atoms with Gasteiger partial charge in [0.05, 0.1) is 24.2 Å². The fraction of sp³-hybridized carbons (Fsp3) is 0.389. The van der Waals surface area contributed by atoms with Gasteiger partial charge in [0.1, 0.15) is 5.60 Å². The van der Waals surface area contributed by atoms with E-state index in [1.165, 1.54) is 10.9 Å². The summed E-state index contributed by atoms with van der Waals surface area (Å²) in [5.74, 6) is -0.831. The van der Waals surface area contributed by atoms with Crippen molar-refractivity contribution in [3.8, 4) is 0 Å². The zero-order valence-electron chi connectivity index (χ0n) is 13.0. The summed E-state index contributed by atoms with van der Waals surface area (Å²) in [6.07, 6.45) is 5.52. The van der Waals surface area contributed by atoms with Gasteiger partial charge in [0.2, 0.25) is 0 Å². The molecular weight excluding hydrogens is 278 g/mol. The minimum Gasteiger partial charge on any atom is -0.481 e. The smallest absolute Gasteiger partial charge is 0.306 e. The van der Waals surface area contributed by atoms with Crippen LogP contribution in [0.5, 0.6) is 0 Å². The Hall–Kier alpha value is -2.07. The number of carboxylic acids is 1. The van der Waals surface area contributed by atoms with E-state index in [1.807, 2.05) is 26.0 Å². The zero-order valence-corrected chi connectivity index (χ0v) is 13.0. The van der Waals surface area contributed by atoms with Crippen LogP contribution in [0.1, 0.15) is 43.5 Å². The van der Waals surface area contributed by atoms with Crippen LogP contribution in [0.2, 0.25) is 0 Å². The van der Waals surface area contributed by atoms with Crippen molar-refractivity contribution in [1.29, 1.82) is 0 Å². The molecule has 116 valence electrons. The fourth-order valence-electron chi connectivity index (χ4n) is 3.47. The van der Waals surface area contributed by atoms with E-state index in [0.717, 1.165) is 23.2 Å². The number of rotatable bonds is 4. The Morgan fingerprint density at radius 2 is 2.32 bits per heavy atom. The molecule has 22 heavy (non-hydrogen) atoms. The van der Waals surface area contributed by atoms with Gasteiger partial charge in [0.15, 0.2) is 0 Å². The molecule has 0 bridgehead atoms. The molecule has 0 aliphatic carbocycles. The topological polar surface area (TPSA) is 62.3 Å². The lowest BCUT2D eigenvalue weighted by Crippen LogP contribution is -2.37. The van der Waals surface area contributed by atoms with Crippen LogP contribution in [-0.2, 0) is 21.6 Å². The third-order valence-corrected chi connectivity index (χ3v) is 4.51. The van der Waals surface area contributed by atoms with Crippen molar-refractivity contribution in [2.45, 2.75) is 38.7 Å². The molecule has 0 saturated heterocycles. The first-order chi connectivity index (χ1) is 10.6. The van der Waals surface area contributed by atoms with Crippen LogP contribution in [-0.4, -0.2) is 22.7 Å². The third kappa shape index (κ3) is 2.24. The highest BCUT2D eigenvalue weighted by atomic mass is 16.5. The number of carbonyl (C=O) groups is 1. The Balaban J connectivity index is 2.24. The van der Waals surface area contributed by atoms with Crippen molar-refractivity contribution in [2.75, 3.05) is 6.61 Å². The van der Waals surface area contributed by atoms with Gasteiger partial charge in [-0.15, -0.1) is 0 Å². The highest BCUT2D eigenvalue weighted by molar-refractivity contribution is 5.92. The second-order valence-corrected chi connectivity index (χ2v) is 5.77. The quantitative estimate of drug-likeness (QED) is 0.901. The Labute approximate surface area is 129 Å². The summed E-state index contributed by atoms with van der Waals surface area (Å²) in [7, 11) is 0. The van der Waals surface area contributed by atoms with Crippen molar-refractivity contribution in [3.63, 3.8) is 0 Å². The third-order valence-electron chi connectivity index (χ3n) is 4.51. The van der Waals surface area contributed by atoms with Gasteiger partial charge < -0.3 is 14.8 Å². The molecule has 2 aromatic rings. The monoisotopic (exact) mass is 299 g/mol. The van der Waals surface area contributed by atoms with Gasteiger partial charge in [-0.25, -0.2) is 0 Å². The molecule has 4 nitrogen and oxygen atoms in total. The number of hydrogen-bond acceptors (Lipinski definition) is 2. The van der Waals surface area contributed by atoms with E-state index >= 15 is 0 Å². The van der Waals surface area contributed by atoms with Crippen molar-refractivity contribution in [1.82, 2.24) is 4.98 Å². The number of aromatic nitrogens is 1. The number of nitrogens with one attached hydrogen (secondary N) is 1. The summed E-state index contributed by atoms with van der Waals surface area (Å²) in [5.41, 5.74) is 3.59. The molecule has 0 amide bonds. The number of allylic oxidation sites excluding steroid dienone is 1. The van der Waals surface area contributed by atoms with E-state index in [0.29, 0.717) is 13.0 Å². The average Bonchev–Trinajstić information content (AvgIpc) is 2.88. The normalized spacial score (nSPS) is 21.4. The first kappa shape index (κ1) is 14.9. The van der Waals surface area contributed by atoms with Crippen molar-refractivity contribution in [2.24, 2.45) is 0 Å². The standard InChI is InChI=1S/C18H21NO3/c1-3-6-12-7-5-8-13-14-9-10-22-18(4-2,11-15(20)21)17(14)19-16(12)13/h3,5-8,19H,4,9-11H2,1-2H3,(H,20,21)/b6-3-. The molecule has 3 rings (SSSR count). The van der Waals surface area contributed by atoms with Crippen LogP contribution in [0, 0.1) is 0 Å². The Morgan fingerprint density at radius 1 is 1.50 bits per heavy atom.